The lowest BCUT2D eigenvalue weighted by atomic mass is 10.2. The lowest BCUT2D eigenvalue weighted by molar-refractivity contribution is -0.128. The Balaban J connectivity index is 1.40. The van der Waals surface area contributed by atoms with E-state index in [1.807, 2.05) is 48.5 Å². The normalized spacial score (nSPS) is 14.5. The fraction of sp³-hybridized carbons (Fsp3) is 0.0741. The summed E-state index contributed by atoms with van der Waals surface area (Å²) in [5.41, 5.74) is 2.20. The third-order valence-electron chi connectivity index (χ3n) is 5.44. The van der Waals surface area contributed by atoms with Crippen molar-refractivity contribution in [3.05, 3.63) is 94.7 Å². The summed E-state index contributed by atoms with van der Waals surface area (Å²) >= 11 is 9.89. The average Bonchev–Trinajstić information content (AvgIpc) is 3.63. The van der Waals surface area contributed by atoms with Gasteiger partial charge in [0.05, 0.1) is 4.91 Å². The van der Waals surface area contributed by atoms with E-state index in [1.165, 1.54) is 23.7 Å². The molecule has 1 aliphatic rings. The highest BCUT2D eigenvalue weighted by Gasteiger charge is 2.33. The number of hydrogen-bond acceptors (Lipinski definition) is 7. The van der Waals surface area contributed by atoms with Crippen LogP contribution in [-0.2, 0) is 9.59 Å². The van der Waals surface area contributed by atoms with E-state index < -0.39 is 0 Å². The van der Waals surface area contributed by atoms with E-state index >= 15 is 0 Å². The highest BCUT2D eigenvalue weighted by molar-refractivity contribution is 8.26. The van der Waals surface area contributed by atoms with Crippen molar-refractivity contribution in [1.82, 2.24) is 10.2 Å². The van der Waals surface area contributed by atoms with Crippen LogP contribution in [0.5, 0.6) is 0 Å². The Morgan fingerprint density at radius 2 is 1.53 bits per heavy atom. The van der Waals surface area contributed by atoms with Crippen LogP contribution < -0.4 is 10.2 Å². The molecule has 0 saturated carbocycles. The molecule has 0 atom stereocenters. The molecule has 36 heavy (non-hydrogen) atoms. The first-order valence-corrected chi connectivity index (χ1v) is 14.0. The second-order valence-corrected chi connectivity index (χ2v) is 11.6. The van der Waals surface area contributed by atoms with Gasteiger partial charge < -0.3 is 10.2 Å². The first kappa shape index (κ1) is 24.5. The number of hydrogen-bond donors (Lipinski definition) is 1. The molecule has 1 saturated heterocycles. The number of anilines is 3. The Morgan fingerprint density at radius 3 is 2.17 bits per heavy atom. The molecular weight excluding hydrogens is 527 g/mol. The van der Waals surface area contributed by atoms with Crippen LogP contribution >= 0.6 is 46.7 Å². The number of thiophene rings is 2. The second-order valence-electron chi connectivity index (χ2n) is 7.79. The van der Waals surface area contributed by atoms with Crippen molar-refractivity contribution in [3.8, 4) is 9.75 Å². The molecule has 9 heteroatoms. The molecule has 4 aromatic rings. The zero-order chi connectivity index (χ0) is 25.1. The monoisotopic (exact) mass is 547 g/mol. The molecule has 0 aliphatic carbocycles. The van der Waals surface area contributed by atoms with E-state index in [9.17, 15) is 9.59 Å². The molecular formula is C27H21N3O2S4. The largest absolute Gasteiger partial charge is 0.358 e. The average molecular weight is 548 g/mol. The molecule has 5 rings (SSSR count). The van der Waals surface area contributed by atoms with Crippen molar-refractivity contribution in [3.63, 3.8) is 0 Å². The van der Waals surface area contributed by atoms with Crippen molar-refractivity contribution in [2.24, 2.45) is 0 Å². The summed E-state index contributed by atoms with van der Waals surface area (Å²) in [6, 6.07) is 29.0. The standard InChI is InChI=1S/C27H21N3O2S4/c1-28-24(31)17-29-26(32)23(36-27(29)33)16-20-12-13-21(34-20)22-14-15-25(35-22)30(18-8-4-2-5-9-18)19-10-6-3-7-11-19/h2-16H,17H2,1H3,(H,28,31)/b23-16+. The van der Waals surface area contributed by atoms with Gasteiger partial charge in [0.25, 0.3) is 5.91 Å². The number of amides is 2. The summed E-state index contributed by atoms with van der Waals surface area (Å²) in [5.74, 6) is -0.483. The van der Waals surface area contributed by atoms with Crippen LogP contribution in [0.15, 0.2) is 89.8 Å². The van der Waals surface area contributed by atoms with Crippen LogP contribution in [-0.4, -0.2) is 34.6 Å². The molecule has 0 unspecified atom stereocenters. The van der Waals surface area contributed by atoms with E-state index in [4.69, 9.17) is 12.2 Å². The van der Waals surface area contributed by atoms with Crippen LogP contribution in [0, 0.1) is 0 Å². The zero-order valence-corrected chi connectivity index (χ0v) is 22.5. The van der Waals surface area contributed by atoms with Crippen LogP contribution in [0.25, 0.3) is 15.8 Å². The van der Waals surface area contributed by atoms with Crippen molar-refractivity contribution in [2.45, 2.75) is 0 Å². The smallest absolute Gasteiger partial charge is 0.266 e. The van der Waals surface area contributed by atoms with Crippen molar-refractivity contribution >= 4 is 85.2 Å². The number of nitrogens with one attached hydrogen (secondary N) is 1. The predicted octanol–water partition coefficient (Wildman–Crippen LogP) is 6.89. The first-order chi connectivity index (χ1) is 17.5. The molecule has 3 heterocycles. The number of para-hydroxylation sites is 2. The number of carbonyl (C=O) groups excluding carboxylic acids is 2. The summed E-state index contributed by atoms with van der Waals surface area (Å²) in [4.78, 5) is 31.8. The molecule has 2 aromatic carbocycles. The van der Waals surface area contributed by atoms with E-state index in [1.54, 1.807) is 22.7 Å². The topological polar surface area (TPSA) is 52.7 Å². The summed E-state index contributed by atoms with van der Waals surface area (Å²) in [6.07, 6.45) is 1.85. The fourth-order valence-corrected chi connectivity index (χ4v) is 7.10. The third-order valence-corrected chi connectivity index (χ3v) is 9.11. The van der Waals surface area contributed by atoms with Crippen molar-refractivity contribution < 1.29 is 9.59 Å². The molecule has 1 fully saturated rings. The van der Waals surface area contributed by atoms with Gasteiger partial charge in [0.2, 0.25) is 5.91 Å². The Kier molecular flexibility index (Phi) is 7.33. The van der Waals surface area contributed by atoms with Gasteiger partial charge >= 0.3 is 0 Å². The van der Waals surface area contributed by atoms with Gasteiger partial charge in [-0.25, -0.2) is 0 Å². The minimum absolute atomic E-state index is 0.0640. The first-order valence-electron chi connectivity index (χ1n) is 11.1. The number of benzene rings is 2. The molecule has 1 aliphatic heterocycles. The lowest BCUT2D eigenvalue weighted by Gasteiger charge is -2.23. The lowest BCUT2D eigenvalue weighted by Crippen LogP contribution is -2.38. The maximum Gasteiger partial charge on any atom is 0.266 e. The van der Waals surface area contributed by atoms with Gasteiger partial charge in [0.15, 0.2) is 0 Å². The molecule has 0 radical (unpaired) electrons. The summed E-state index contributed by atoms with van der Waals surface area (Å²) < 4.78 is 0.399. The van der Waals surface area contributed by atoms with E-state index in [0.717, 1.165) is 31.0 Å². The van der Waals surface area contributed by atoms with Crippen LogP contribution in [0.1, 0.15) is 4.88 Å². The number of rotatable bonds is 7. The van der Waals surface area contributed by atoms with Gasteiger partial charge in [-0.05, 0) is 54.6 Å². The van der Waals surface area contributed by atoms with E-state index in [-0.39, 0.29) is 18.4 Å². The molecule has 1 N–H and O–H groups in total. The van der Waals surface area contributed by atoms with Gasteiger partial charge in [0, 0.05) is 33.1 Å². The molecule has 2 aromatic heterocycles. The van der Waals surface area contributed by atoms with Gasteiger partial charge in [-0.2, -0.15) is 0 Å². The van der Waals surface area contributed by atoms with Crippen LogP contribution in [0.3, 0.4) is 0 Å². The Morgan fingerprint density at radius 1 is 0.917 bits per heavy atom. The van der Waals surface area contributed by atoms with Gasteiger partial charge in [-0.3, -0.25) is 14.5 Å². The number of nitrogens with zero attached hydrogens (tertiary/aromatic N) is 2. The van der Waals surface area contributed by atoms with E-state index in [2.05, 4.69) is 52.7 Å². The molecule has 0 spiro atoms. The predicted molar refractivity (Wildman–Crippen MR) is 156 cm³/mol. The molecule has 180 valence electrons. The molecule has 2 amide bonds. The maximum absolute atomic E-state index is 12.8. The van der Waals surface area contributed by atoms with Gasteiger partial charge in [-0.15, -0.1) is 22.7 Å². The Labute approximate surface area is 227 Å². The molecule has 0 bridgehead atoms. The number of carbonyl (C=O) groups is 2. The van der Waals surface area contributed by atoms with Crippen LogP contribution in [0.4, 0.5) is 16.4 Å². The maximum atomic E-state index is 12.8. The van der Waals surface area contributed by atoms with Crippen LogP contribution in [0.2, 0.25) is 0 Å². The molecule has 5 nitrogen and oxygen atoms in total. The Hall–Kier alpha value is -3.24. The highest BCUT2D eigenvalue weighted by atomic mass is 32.2. The third kappa shape index (κ3) is 5.15. The number of likely N-dealkylation sites (N-methyl/N-ethyl adjacent to an activating group) is 1. The summed E-state index contributed by atoms with van der Waals surface area (Å²) in [5, 5.41) is 3.65. The SMILES string of the molecule is CNC(=O)CN1C(=O)/C(=C\c2ccc(-c3ccc(N(c4ccccc4)c4ccccc4)s3)s2)SC1=S. The van der Waals surface area contributed by atoms with Gasteiger partial charge in [-0.1, -0.05) is 60.4 Å². The second kappa shape index (κ2) is 10.8. The van der Waals surface area contributed by atoms with Crippen molar-refractivity contribution in [2.75, 3.05) is 18.5 Å². The van der Waals surface area contributed by atoms with Crippen molar-refractivity contribution in [1.29, 1.82) is 0 Å². The quantitative estimate of drug-likeness (QED) is 0.202. The summed E-state index contributed by atoms with van der Waals surface area (Å²) in [6.45, 7) is -0.0640. The van der Waals surface area contributed by atoms with Gasteiger partial charge in [0.1, 0.15) is 15.9 Å². The minimum Gasteiger partial charge on any atom is -0.358 e. The highest BCUT2D eigenvalue weighted by Crippen LogP contribution is 2.43. The minimum atomic E-state index is -0.250. The number of thiocarbonyl (C=S) groups is 1. The zero-order valence-electron chi connectivity index (χ0n) is 19.2. The number of thioether (sulfide) groups is 1. The summed E-state index contributed by atoms with van der Waals surface area (Å²) in [7, 11) is 1.54. The Bertz CT molecular complexity index is 1400. The fourth-order valence-electron chi connectivity index (χ4n) is 3.69. The van der Waals surface area contributed by atoms with E-state index in [0.29, 0.717) is 9.23 Å².